The van der Waals surface area contributed by atoms with Crippen LogP contribution in [0.25, 0.3) is 5.57 Å². The maximum atomic E-state index is 12.7. The number of benzene rings is 1. The maximum Gasteiger partial charge on any atom is 0.411 e. The van der Waals surface area contributed by atoms with E-state index in [1.165, 1.54) is 6.07 Å². The van der Waals surface area contributed by atoms with Gasteiger partial charge in [-0.05, 0) is 38.8 Å². The Morgan fingerprint density at radius 1 is 1.27 bits per heavy atom. The van der Waals surface area contributed by atoms with Crippen LogP contribution in [0.1, 0.15) is 32.8 Å². The lowest BCUT2D eigenvalue weighted by atomic mass is 9.89. The minimum absolute atomic E-state index is 0.137. The third-order valence-corrected chi connectivity index (χ3v) is 4.25. The molecule has 3 rings (SSSR count). The quantitative estimate of drug-likeness (QED) is 0.808. The van der Waals surface area contributed by atoms with Crippen molar-refractivity contribution in [2.24, 2.45) is 0 Å². The molecule has 1 aromatic rings. The molecule has 1 saturated heterocycles. The summed E-state index contributed by atoms with van der Waals surface area (Å²) in [6, 6.07) is 6.20. The van der Waals surface area contributed by atoms with Gasteiger partial charge < -0.3 is 14.2 Å². The maximum absolute atomic E-state index is 12.7. The molecule has 142 valence electrons. The van der Waals surface area contributed by atoms with Crippen molar-refractivity contribution < 1.29 is 27.8 Å². The average Bonchev–Trinajstić information content (AvgIpc) is 2.52. The summed E-state index contributed by atoms with van der Waals surface area (Å²) in [4.78, 5) is 14.3. The largest absolute Gasteiger partial charge is 0.444 e. The number of para-hydroxylation sites is 1. The number of hydrogen-bond acceptors (Lipinski definition) is 4. The molecule has 2 unspecified atom stereocenters. The van der Waals surface area contributed by atoms with E-state index < -0.39 is 12.2 Å². The van der Waals surface area contributed by atoms with E-state index in [0.29, 0.717) is 25.2 Å². The second-order valence-electron chi connectivity index (χ2n) is 7.42. The normalized spacial score (nSPS) is 22.8. The molecule has 1 amide bonds. The molecule has 2 aliphatic rings. The molecule has 0 aromatic heterocycles. The minimum Gasteiger partial charge on any atom is -0.444 e. The van der Waals surface area contributed by atoms with Gasteiger partial charge in [0.05, 0.1) is 25.3 Å². The number of fused-ring (bicyclic) bond motifs is 2. The first kappa shape index (κ1) is 18.6. The van der Waals surface area contributed by atoms with Crippen molar-refractivity contribution in [1.82, 2.24) is 4.90 Å². The van der Waals surface area contributed by atoms with Crippen LogP contribution >= 0.6 is 0 Å². The Morgan fingerprint density at radius 2 is 2.00 bits per heavy atom. The van der Waals surface area contributed by atoms with Crippen molar-refractivity contribution in [3.8, 4) is 5.75 Å². The van der Waals surface area contributed by atoms with E-state index in [0.717, 1.165) is 5.57 Å². The van der Waals surface area contributed by atoms with Gasteiger partial charge in [-0.3, -0.25) is 4.90 Å². The SMILES string of the molecule is CC(C)(C)OC(=O)N1C2C=C(c3ccccc3OC(F)F)CC1COC2. The number of carbonyl (C=O) groups is 1. The van der Waals surface area contributed by atoms with Crippen LogP contribution in [-0.4, -0.2) is 48.5 Å². The zero-order chi connectivity index (χ0) is 18.9. The van der Waals surface area contributed by atoms with Gasteiger partial charge in [0, 0.05) is 5.56 Å². The summed E-state index contributed by atoms with van der Waals surface area (Å²) in [7, 11) is 0. The van der Waals surface area contributed by atoms with E-state index in [9.17, 15) is 13.6 Å². The molecular weight excluding hydrogens is 344 g/mol. The van der Waals surface area contributed by atoms with Crippen molar-refractivity contribution in [2.45, 2.75) is 51.5 Å². The van der Waals surface area contributed by atoms with Gasteiger partial charge in [-0.25, -0.2) is 4.79 Å². The number of hydrogen-bond donors (Lipinski definition) is 0. The molecule has 2 bridgehead atoms. The van der Waals surface area contributed by atoms with Crippen molar-refractivity contribution in [1.29, 1.82) is 0 Å². The Bertz CT molecular complexity index is 699. The summed E-state index contributed by atoms with van der Waals surface area (Å²) >= 11 is 0. The predicted octanol–water partition coefficient (Wildman–Crippen LogP) is 4.08. The number of halogens is 2. The lowest BCUT2D eigenvalue weighted by Crippen LogP contribution is -2.57. The fourth-order valence-corrected chi connectivity index (χ4v) is 3.33. The highest BCUT2D eigenvalue weighted by Crippen LogP contribution is 2.37. The number of carbonyl (C=O) groups excluding carboxylic acids is 1. The molecule has 2 aliphatic heterocycles. The van der Waals surface area contributed by atoms with E-state index in [-0.39, 0.29) is 23.9 Å². The highest BCUT2D eigenvalue weighted by molar-refractivity contribution is 5.76. The zero-order valence-electron chi connectivity index (χ0n) is 15.1. The Kier molecular flexibility index (Phi) is 5.18. The molecule has 0 radical (unpaired) electrons. The fraction of sp³-hybridized carbons (Fsp3) is 0.526. The Balaban J connectivity index is 1.88. The number of ether oxygens (including phenoxy) is 3. The Morgan fingerprint density at radius 3 is 2.65 bits per heavy atom. The second-order valence-corrected chi connectivity index (χ2v) is 7.42. The third kappa shape index (κ3) is 4.15. The van der Waals surface area contributed by atoms with Crippen LogP contribution in [-0.2, 0) is 9.47 Å². The van der Waals surface area contributed by atoms with Crippen LogP contribution in [0.5, 0.6) is 5.75 Å². The van der Waals surface area contributed by atoms with E-state index >= 15 is 0 Å². The molecule has 0 spiro atoms. The standard InChI is InChI=1S/C19H23F2NO4/c1-19(2,3)26-18(23)22-13-8-12(9-14(22)11-24-10-13)15-6-4-5-7-16(15)25-17(20)21/h4-8,13-14,17H,9-11H2,1-3H3. The highest BCUT2D eigenvalue weighted by Gasteiger charge is 2.40. The molecule has 5 nitrogen and oxygen atoms in total. The van der Waals surface area contributed by atoms with Crippen molar-refractivity contribution in [3.05, 3.63) is 35.9 Å². The molecule has 1 aromatic carbocycles. The van der Waals surface area contributed by atoms with Crippen molar-refractivity contribution >= 4 is 11.7 Å². The topological polar surface area (TPSA) is 48.0 Å². The van der Waals surface area contributed by atoms with Gasteiger partial charge in [-0.15, -0.1) is 0 Å². The third-order valence-electron chi connectivity index (χ3n) is 4.25. The monoisotopic (exact) mass is 367 g/mol. The van der Waals surface area contributed by atoms with Crippen LogP contribution in [0.15, 0.2) is 30.3 Å². The molecule has 7 heteroatoms. The zero-order valence-corrected chi connectivity index (χ0v) is 15.1. The fourth-order valence-electron chi connectivity index (χ4n) is 3.33. The highest BCUT2D eigenvalue weighted by atomic mass is 19.3. The Labute approximate surface area is 151 Å². The first-order chi connectivity index (χ1) is 12.2. The average molecular weight is 367 g/mol. The summed E-state index contributed by atoms with van der Waals surface area (Å²) in [6.07, 6.45) is 1.98. The first-order valence-electron chi connectivity index (χ1n) is 8.58. The molecular formula is C19H23F2NO4. The summed E-state index contributed by atoms with van der Waals surface area (Å²) in [6.45, 7) is 3.30. The van der Waals surface area contributed by atoms with Crippen LogP contribution in [0.3, 0.4) is 0 Å². The van der Waals surface area contributed by atoms with Crippen LogP contribution in [0.4, 0.5) is 13.6 Å². The van der Waals surface area contributed by atoms with Gasteiger partial charge in [0.25, 0.3) is 0 Å². The van der Waals surface area contributed by atoms with E-state index in [4.69, 9.17) is 9.47 Å². The molecule has 26 heavy (non-hydrogen) atoms. The smallest absolute Gasteiger partial charge is 0.411 e. The molecule has 2 heterocycles. The van der Waals surface area contributed by atoms with Crippen molar-refractivity contribution in [2.75, 3.05) is 13.2 Å². The molecule has 0 aliphatic carbocycles. The minimum atomic E-state index is -2.89. The second kappa shape index (κ2) is 7.23. The van der Waals surface area contributed by atoms with Gasteiger partial charge in [0.15, 0.2) is 0 Å². The molecule has 0 saturated carbocycles. The molecule has 2 atom stereocenters. The first-order valence-corrected chi connectivity index (χ1v) is 8.58. The van der Waals surface area contributed by atoms with Crippen LogP contribution in [0, 0.1) is 0 Å². The van der Waals surface area contributed by atoms with Gasteiger partial charge in [-0.1, -0.05) is 24.3 Å². The lowest BCUT2D eigenvalue weighted by molar-refractivity contribution is -0.0518. The van der Waals surface area contributed by atoms with Crippen LogP contribution < -0.4 is 4.74 Å². The number of alkyl halides is 2. The van der Waals surface area contributed by atoms with Gasteiger partial charge >= 0.3 is 12.7 Å². The van der Waals surface area contributed by atoms with Gasteiger partial charge in [0.2, 0.25) is 0 Å². The van der Waals surface area contributed by atoms with Crippen molar-refractivity contribution in [3.63, 3.8) is 0 Å². The summed E-state index contributed by atoms with van der Waals surface area (Å²) in [5.74, 6) is 0.137. The van der Waals surface area contributed by atoms with E-state index in [1.54, 1.807) is 23.1 Å². The van der Waals surface area contributed by atoms with E-state index in [1.807, 2.05) is 26.8 Å². The lowest BCUT2D eigenvalue weighted by Gasteiger charge is -2.44. The molecule has 0 N–H and O–H groups in total. The predicted molar refractivity (Wildman–Crippen MR) is 92.1 cm³/mol. The Hall–Kier alpha value is -2.15. The summed E-state index contributed by atoms with van der Waals surface area (Å²) in [5, 5.41) is 0. The number of morpholine rings is 1. The number of rotatable bonds is 3. The summed E-state index contributed by atoms with van der Waals surface area (Å²) < 4.78 is 41.1. The van der Waals surface area contributed by atoms with Gasteiger partial charge in [-0.2, -0.15) is 8.78 Å². The number of nitrogens with zero attached hydrogens (tertiary/aromatic N) is 1. The van der Waals surface area contributed by atoms with E-state index in [2.05, 4.69) is 4.74 Å². The van der Waals surface area contributed by atoms with Crippen LogP contribution in [0.2, 0.25) is 0 Å². The summed E-state index contributed by atoms with van der Waals surface area (Å²) in [5.41, 5.74) is 0.904. The molecule has 1 fully saturated rings. The van der Waals surface area contributed by atoms with Gasteiger partial charge in [0.1, 0.15) is 11.4 Å². The number of amides is 1.